The van der Waals surface area contributed by atoms with Crippen molar-refractivity contribution in [2.45, 2.75) is 5.41 Å². The minimum absolute atomic E-state index is 0.0526. The number of ether oxygens (including phenoxy) is 1. The Kier molecular flexibility index (Phi) is 6.04. The monoisotopic (exact) mass is 688 g/mol. The predicted molar refractivity (Wildman–Crippen MR) is 217 cm³/mol. The van der Waals surface area contributed by atoms with Gasteiger partial charge in [-0.05, 0) is 57.5 Å². The molecule has 9 aromatic rings. The van der Waals surface area contributed by atoms with Crippen LogP contribution in [0.15, 0.2) is 186 Å². The van der Waals surface area contributed by atoms with Crippen molar-refractivity contribution < 1.29 is 9.15 Å². The summed E-state index contributed by atoms with van der Waals surface area (Å²) in [5, 5.41) is 2.13. The number of para-hydroxylation sites is 3. The molecule has 0 N–H and O–H groups in total. The summed E-state index contributed by atoms with van der Waals surface area (Å²) >= 11 is 0. The molecule has 1 spiro atoms. The molecule has 2 aliphatic carbocycles. The van der Waals surface area contributed by atoms with E-state index in [-0.39, 0.29) is 6.71 Å². The summed E-state index contributed by atoms with van der Waals surface area (Å²) in [5.41, 5.74) is 13.1. The quantitative estimate of drug-likeness (QED) is 0.174. The molecule has 250 valence electrons. The predicted octanol–water partition coefficient (Wildman–Crippen LogP) is 9.99. The number of allylic oxidation sites excluding steroid dienone is 1. The van der Waals surface area contributed by atoms with E-state index in [0.29, 0.717) is 5.82 Å². The molecular weight excluding hydrogens is 659 g/mol. The molecule has 2 aromatic heterocycles. The van der Waals surface area contributed by atoms with Gasteiger partial charge in [-0.1, -0.05) is 157 Å². The molecule has 1 aliphatic heterocycles. The number of fused-ring (bicyclic) bond motifs is 13. The van der Waals surface area contributed by atoms with Crippen LogP contribution in [0.1, 0.15) is 22.5 Å². The van der Waals surface area contributed by atoms with Crippen molar-refractivity contribution in [3.63, 3.8) is 0 Å². The van der Waals surface area contributed by atoms with Gasteiger partial charge in [0.25, 0.3) is 6.71 Å². The van der Waals surface area contributed by atoms with Crippen LogP contribution in [0.3, 0.4) is 0 Å². The van der Waals surface area contributed by atoms with Gasteiger partial charge in [0.2, 0.25) is 0 Å². The Balaban J connectivity index is 1.15. The summed E-state index contributed by atoms with van der Waals surface area (Å²) in [6.07, 6.45) is 0. The van der Waals surface area contributed by atoms with E-state index in [1.165, 1.54) is 5.46 Å². The average Bonchev–Trinajstić information content (AvgIpc) is 3.86. The number of furan rings is 1. The fourth-order valence-corrected chi connectivity index (χ4v) is 9.41. The zero-order valence-electron chi connectivity index (χ0n) is 29.0. The molecule has 0 bridgehead atoms. The molecule has 4 nitrogen and oxygen atoms in total. The van der Waals surface area contributed by atoms with Crippen LogP contribution in [-0.4, -0.2) is 16.7 Å². The number of hydrogen-bond donors (Lipinski definition) is 0. The smallest absolute Gasteiger partial charge is 0.251 e. The number of aromatic nitrogens is 2. The van der Waals surface area contributed by atoms with E-state index in [4.69, 9.17) is 19.1 Å². The second-order valence-corrected chi connectivity index (χ2v) is 14.4. The lowest BCUT2D eigenvalue weighted by Crippen LogP contribution is -2.48. The van der Waals surface area contributed by atoms with Gasteiger partial charge in [0.15, 0.2) is 5.82 Å². The highest BCUT2D eigenvalue weighted by Gasteiger charge is 2.60. The second-order valence-electron chi connectivity index (χ2n) is 14.4. The summed E-state index contributed by atoms with van der Waals surface area (Å²) in [4.78, 5) is 10.4. The first-order valence-corrected chi connectivity index (χ1v) is 18.4. The minimum Gasteiger partial charge on any atom is -0.461 e. The van der Waals surface area contributed by atoms with Crippen molar-refractivity contribution in [3.8, 4) is 39.5 Å². The van der Waals surface area contributed by atoms with Gasteiger partial charge in [0.05, 0.1) is 11.2 Å². The van der Waals surface area contributed by atoms with E-state index >= 15 is 0 Å². The topological polar surface area (TPSA) is 48.2 Å². The molecule has 3 heterocycles. The van der Waals surface area contributed by atoms with E-state index in [1.54, 1.807) is 0 Å². The van der Waals surface area contributed by atoms with Crippen LogP contribution < -0.4 is 15.7 Å². The van der Waals surface area contributed by atoms with E-state index in [2.05, 4.69) is 164 Å². The molecule has 1 atom stereocenters. The molecule has 0 radical (unpaired) electrons. The van der Waals surface area contributed by atoms with Crippen molar-refractivity contribution in [3.05, 3.63) is 204 Å². The standard InChI is InChI=1S/C49H29BN2O2/c1-3-15-30(16-4-1)45-34-20-8-12-24-40(34)51-48(52-45)31-27-28-38-36(29-31)33-19-7-10-22-37(33)49(38)46-43(35-21-9-13-25-41(35)53-46)44-47(49)54-42-26-14-11-23-39(42)50(44)32-17-5-2-6-18-32/h1-29H. The second kappa shape index (κ2) is 11.0. The van der Waals surface area contributed by atoms with Crippen molar-refractivity contribution >= 4 is 45.0 Å². The van der Waals surface area contributed by atoms with Gasteiger partial charge in [-0.25, -0.2) is 9.97 Å². The lowest BCUT2D eigenvalue weighted by atomic mass is 9.34. The molecule has 0 amide bonds. The Labute approximate surface area is 312 Å². The maximum Gasteiger partial charge on any atom is 0.251 e. The highest BCUT2D eigenvalue weighted by atomic mass is 16.5. The number of rotatable bonds is 3. The SMILES string of the molecule is c1ccc(B2C3=C(Oc4ccccc42)C2(c4ccccc4-c4cc(-c5nc(-c6ccccc6)c6ccccc6n5)ccc42)c2oc4ccccc4c23)cc1. The largest absolute Gasteiger partial charge is 0.461 e. The van der Waals surface area contributed by atoms with Crippen molar-refractivity contribution in [1.82, 2.24) is 9.97 Å². The highest BCUT2D eigenvalue weighted by molar-refractivity contribution is 7.01. The van der Waals surface area contributed by atoms with E-state index in [9.17, 15) is 0 Å². The van der Waals surface area contributed by atoms with Crippen LogP contribution >= 0.6 is 0 Å². The van der Waals surface area contributed by atoms with Crippen molar-refractivity contribution in [2.24, 2.45) is 0 Å². The Morgan fingerprint density at radius 1 is 0.537 bits per heavy atom. The Morgan fingerprint density at radius 2 is 1.24 bits per heavy atom. The van der Waals surface area contributed by atoms with Crippen LogP contribution in [0.5, 0.6) is 5.75 Å². The average molecular weight is 689 g/mol. The maximum absolute atomic E-state index is 7.27. The van der Waals surface area contributed by atoms with Gasteiger partial charge in [0, 0.05) is 27.5 Å². The van der Waals surface area contributed by atoms with Crippen molar-refractivity contribution in [2.75, 3.05) is 0 Å². The first-order valence-electron chi connectivity index (χ1n) is 18.4. The zero-order valence-corrected chi connectivity index (χ0v) is 29.0. The van der Waals surface area contributed by atoms with Crippen LogP contribution in [0.25, 0.3) is 61.1 Å². The number of benzene rings is 7. The Bertz CT molecular complexity index is 3040. The summed E-state index contributed by atoms with van der Waals surface area (Å²) in [6.45, 7) is -0.0526. The third-order valence-corrected chi connectivity index (χ3v) is 11.6. The molecule has 54 heavy (non-hydrogen) atoms. The third kappa shape index (κ3) is 3.88. The fourth-order valence-electron chi connectivity index (χ4n) is 9.41. The zero-order chi connectivity index (χ0) is 35.4. The summed E-state index contributed by atoms with van der Waals surface area (Å²) < 4.78 is 14.4. The van der Waals surface area contributed by atoms with Gasteiger partial charge in [-0.3, -0.25) is 0 Å². The van der Waals surface area contributed by atoms with Crippen LogP contribution in [0.4, 0.5) is 0 Å². The molecule has 3 aliphatic rings. The van der Waals surface area contributed by atoms with Crippen LogP contribution in [0, 0.1) is 0 Å². The molecule has 5 heteroatoms. The van der Waals surface area contributed by atoms with E-state index < -0.39 is 5.41 Å². The van der Waals surface area contributed by atoms with Gasteiger partial charge in [0.1, 0.15) is 28.3 Å². The Hall–Kier alpha value is -6.98. The van der Waals surface area contributed by atoms with Crippen LogP contribution in [-0.2, 0) is 5.41 Å². The molecule has 1 unspecified atom stereocenters. The molecule has 0 fully saturated rings. The van der Waals surface area contributed by atoms with Gasteiger partial charge in [-0.15, -0.1) is 0 Å². The Morgan fingerprint density at radius 3 is 2.13 bits per heavy atom. The molecule has 0 saturated heterocycles. The summed E-state index contributed by atoms with van der Waals surface area (Å²) in [5.74, 6) is 3.40. The van der Waals surface area contributed by atoms with E-state index in [0.717, 1.165) is 94.7 Å². The highest BCUT2D eigenvalue weighted by Crippen LogP contribution is 2.64. The molecule has 12 rings (SSSR count). The summed E-state index contributed by atoms with van der Waals surface area (Å²) in [6, 6.07) is 61.9. The fraction of sp³-hybridized carbons (Fsp3) is 0.0204. The molecule has 0 saturated carbocycles. The first-order chi connectivity index (χ1) is 26.8. The summed E-state index contributed by atoms with van der Waals surface area (Å²) in [7, 11) is 0. The van der Waals surface area contributed by atoms with E-state index in [1.807, 2.05) is 12.1 Å². The molecule has 7 aromatic carbocycles. The van der Waals surface area contributed by atoms with Crippen molar-refractivity contribution in [1.29, 1.82) is 0 Å². The van der Waals surface area contributed by atoms with Crippen LogP contribution in [0.2, 0.25) is 0 Å². The lowest BCUT2D eigenvalue weighted by Gasteiger charge is -2.34. The normalized spacial score (nSPS) is 16.3. The van der Waals surface area contributed by atoms with Gasteiger partial charge in [-0.2, -0.15) is 0 Å². The van der Waals surface area contributed by atoms with Gasteiger partial charge >= 0.3 is 0 Å². The number of hydrogen-bond acceptors (Lipinski definition) is 4. The molecular formula is C49H29BN2O2. The minimum atomic E-state index is -0.811. The number of nitrogens with zero attached hydrogens (tertiary/aromatic N) is 2. The lowest BCUT2D eigenvalue weighted by molar-refractivity contribution is 0.351. The first kappa shape index (κ1) is 29.6. The maximum atomic E-state index is 7.27. The van der Waals surface area contributed by atoms with Gasteiger partial charge < -0.3 is 9.15 Å². The third-order valence-electron chi connectivity index (χ3n) is 11.6.